The summed E-state index contributed by atoms with van der Waals surface area (Å²) >= 11 is -2.39. The summed E-state index contributed by atoms with van der Waals surface area (Å²) in [6, 6.07) is 0. The van der Waals surface area contributed by atoms with E-state index < -0.39 is 21.5 Å². The third kappa shape index (κ3) is 5.47. The molecule has 0 aromatic carbocycles. The van der Waals surface area contributed by atoms with Crippen LogP contribution in [0.1, 0.15) is 20.8 Å². The summed E-state index contributed by atoms with van der Waals surface area (Å²) in [5.74, 6) is 0. The van der Waals surface area contributed by atoms with Gasteiger partial charge in [-0.25, -0.2) is 0 Å². The summed E-state index contributed by atoms with van der Waals surface area (Å²) in [4.78, 5) is 10.9. The molecule has 0 aliphatic carbocycles. The second kappa shape index (κ2) is 3.90. The number of carbonyl (C=O) groups excluding carboxylic acids is 1. The molecular formula is C6H12ClO2Pb. The molecule has 0 fully saturated rings. The van der Waals surface area contributed by atoms with Gasteiger partial charge >= 0.3 is 73.7 Å². The fourth-order valence-electron chi connectivity index (χ4n) is 0.348. The van der Waals surface area contributed by atoms with Gasteiger partial charge in [0.1, 0.15) is 0 Å². The van der Waals surface area contributed by atoms with Crippen LogP contribution in [-0.2, 0) is 4.74 Å². The van der Waals surface area contributed by atoms with Gasteiger partial charge in [0.05, 0.1) is 0 Å². The Morgan fingerprint density at radius 2 is 1.90 bits per heavy atom. The van der Waals surface area contributed by atoms with E-state index in [2.05, 4.69) is 0 Å². The Hall–Kier alpha value is 0.682. The zero-order valence-corrected chi connectivity index (χ0v) is 11.3. The van der Waals surface area contributed by atoms with Gasteiger partial charge in [0.15, 0.2) is 0 Å². The van der Waals surface area contributed by atoms with Crippen molar-refractivity contribution >= 4 is 33.3 Å². The van der Waals surface area contributed by atoms with Crippen LogP contribution in [0.3, 0.4) is 0 Å². The maximum atomic E-state index is 10.9. The Kier molecular flexibility index (Phi) is 4.16. The van der Waals surface area contributed by atoms with Crippen LogP contribution >= 0.6 is 8.32 Å². The van der Waals surface area contributed by atoms with Crippen LogP contribution in [0.5, 0.6) is 0 Å². The van der Waals surface area contributed by atoms with Crippen molar-refractivity contribution in [3.8, 4) is 0 Å². The summed E-state index contributed by atoms with van der Waals surface area (Å²) in [7, 11) is 5.67. The molecule has 0 aromatic rings. The Balaban J connectivity index is 3.81. The zero-order chi connectivity index (χ0) is 8.36. The van der Waals surface area contributed by atoms with Crippen LogP contribution in [0.2, 0.25) is 4.48 Å². The van der Waals surface area contributed by atoms with Crippen LogP contribution in [0.4, 0.5) is 4.79 Å². The van der Waals surface area contributed by atoms with Crippen molar-refractivity contribution in [2.24, 2.45) is 0 Å². The van der Waals surface area contributed by atoms with E-state index in [9.17, 15) is 4.79 Å². The quantitative estimate of drug-likeness (QED) is 0.673. The van der Waals surface area contributed by atoms with E-state index in [-0.39, 0.29) is 9.13 Å². The SMILES string of the molecule is [CH3][Pb]([Cl])[C](=O)OC(C)(C)C. The van der Waals surface area contributed by atoms with Crippen molar-refractivity contribution in [2.45, 2.75) is 30.9 Å². The third-order valence-electron chi connectivity index (χ3n) is 0.680. The summed E-state index contributed by atoms with van der Waals surface area (Å²) in [5.41, 5.74) is -0.377. The summed E-state index contributed by atoms with van der Waals surface area (Å²) in [6.45, 7) is 5.53. The molecule has 0 aromatic heterocycles. The Labute approximate surface area is 73.5 Å². The third-order valence-corrected chi connectivity index (χ3v) is 4.62. The van der Waals surface area contributed by atoms with E-state index in [1.54, 1.807) is 4.48 Å². The van der Waals surface area contributed by atoms with E-state index >= 15 is 0 Å². The number of rotatable bonds is 1. The second-order valence-corrected chi connectivity index (χ2v) is 13.7. The molecular weight excluding hydrogens is 347 g/mol. The van der Waals surface area contributed by atoms with E-state index in [0.717, 1.165) is 0 Å². The summed E-state index contributed by atoms with van der Waals surface area (Å²) in [6.07, 6.45) is 0. The average molecular weight is 359 g/mol. The van der Waals surface area contributed by atoms with Crippen molar-refractivity contribution in [2.75, 3.05) is 0 Å². The van der Waals surface area contributed by atoms with Gasteiger partial charge in [0.2, 0.25) is 0 Å². The van der Waals surface area contributed by atoms with Gasteiger partial charge in [-0.3, -0.25) is 0 Å². The average Bonchev–Trinajstić information content (AvgIpc) is 1.60. The van der Waals surface area contributed by atoms with Gasteiger partial charge in [-0.15, -0.1) is 0 Å². The van der Waals surface area contributed by atoms with Crippen molar-refractivity contribution in [1.29, 1.82) is 0 Å². The van der Waals surface area contributed by atoms with Crippen LogP contribution in [0.25, 0.3) is 0 Å². The molecule has 0 heterocycles. The standard InChI is InChI=1S/C5H9O2.CH3.ClH.Pb/c1-5(2,3)7-4-6;;;/h1-3H3;1H3;1H;/q;;;+1/p-1. The number of ether oxygens (including phenoxy) is 1. The van der Waals surface area contributed by atoms with Crippen LogP contribution in [0.15, 0.2) is 0 Å². The molecule has 0 unspecified atom stereocenters. The summed E-state index contributed by atoms with van der Waals surface area (Å²) in [5, 5.41) is 0. The molecule has 59 valence electrons. The molecule has 0 atom stereocenters. The van der Waals surface area contributed by atoms with E-state index in [0.29, 0.717) is 0 Å². The molecule has 2 nitrogen and oxygen atoms in total. The first-order valence-corrected chi connectivity index (χ1v) is 13.7. The molecule has 0 saturated heterocycles. The molecule has 10 heavy (non-hydrogen) atoms. The van der Waals surface area contributed by atoms with Gasteiger partial charge < -0.3 is 0 Å². The predicted molar refractivity (Wildman–Crippen MR) is 43.7 cm³/mol. The number of hydrogen-bond acceptors (Lipinski definition) is 2. The fraction of sp³-hybridized carbons (Fsp3) is 0.833. The van der Waals surface area contributed by atoms with Gasteiger partial charge in [-0.1, -0.05) is 0 Å². The topological polar surface area (TPSA) is 26.3 Å². The normalized spacial score (nSPS) is 11.8. The Bertz CT molecular complexity index is 128. The van der Waals surface area contributed by atoms with E-state index in [4.69, 9.17) is 13.1 Å². The maximum absolute atomic E-state index is 10.9. The molecule has 0 N–H and O–H groups in total. The minimum atomic E-state index is -2.39. The van der Waals surface area contributed by atoms with Gasteiger partial charge in [0, 0.05) is 0 Å². The van der Waals surface area contributed by atoms with Crippen LogP contribution in [-0.4, -0.2) is 30.6 Å². The molecule has 0 bridgehead atoms. The van der Waals surface area contributed by atoms with Gasteiger partial charge in [-0.05, 0) is 0 Å². The van der Waals surface area contributed by atoms with Crippen molar-refractivity contribution < 1.29 is 9.53 Å². The molecule has 0 spiro atoms. The molecule has 0 aliphatic rings. The Morgan fingerprint density at radius 3 is 2.00 bits per heavy atom. The zero-order valence-electron chi connectivity index (χ0n) is 6.69. The first kappa shape index (κ1) is 10.7. The monoisotopic (exact) mass is 359 g/mol. The van der Waals surface area contributed by atoms with Crippen LogP contribution < -0.4 is 0 Å². The fourth-order valence-corrected chi connectivity index (χ4v) is 2.42. The molecule has 0 amide bonds. The number of carbonyl (C=O) groups is 1. The molecule has 0 saturated carbocycles. The Morgan fingerprint density at radius 1 is 1.50 bits per heavy atom. The first-order chi connectivity index (χ1) is 4.33. The molecule has 1 radical (unpaired) electrons. The van der Waals surface area contributed by atoms with Gasteiger partial charge in [0.25, 0.3) is 0 Å². The molecule has 4 heteroatoms. The number of hydrogen-bond donors (Lipinski definition) is 0. The molecule has 0 aliphatic heterocycles. The van der Waals surface area contributed by atoms with E-state index in [1.165, 1.54) is 0 Å². The number of halogens is 1. The second-order valence-electron chi connectivity index (χ2n) is 3.04. The first-order valence-electron chi connectivity index (χ1n) is 3.05. The van der Waals surface area contributed by atoms with Gasteiger partial charge in [-0.2, -0.15) is 0 Å². The van der Waals surface area contributed by atoms with E-state index in [1.807, 2.05) is 20.8 Å². The van der Waals surface area contributed by atoms with Crippen LogP contribution in [0, 0.1) is 0 Å². The van der Waals surface area contributed by atoms with Crippen molar-refractivity contribution in [3.05, 3.63) is 0 Å². The minimum absolute atomic E-state index is 0.154. The molecule has 0 rings (SSSR count). The van der Waals surface area contributed by atoms with Crippen molar-refractivity contribution in [3.63, 3.8) is 0 Å². The predicted octanol–water partition coefficient (Wildman–Crippen LogP) is 2.36. The summed E-state index contributed by atoms with van der Waals surface area (Å²) < 4.78 is 6.68. The van der Waals surface area contributed by atoms with Crippen molar-refractivity contribution in [1.82, 2.24) is 0 Å².